The Morgan fingerprint density at radius 2 is 0.935 bits per heavy atom. The predicted molar refractivity (Wildman–Crippen MR) is 120 cm³/mol. The van der Waals surface area contributed by atoms with Gasteiger partial charge in [-0.3, -0.25) is 9.59 Å². The van der Waals surface area contributed by atoms with E-state index in [4.69, 9.17) is 9.47 Å². The zero-order chi connectivity index (χ0) is 23.4. The van der Waals surface area contributed by atoms with Crippen molar-refractivity contribution in [2.45, 2.75) is 122 Å². The molecule has 7 nitrogen and oxygen atoms in total. The zero-order valence-corrected chi connectivity index (χ0v) is 19.7. The first-order chi connectivity index (χ1) is 14.9. The molecule has 0 heterocycles. The number of carbonyl (C=O) groups is 3. The van der Waals surface area contributed by atoms with Crippen LogP contribution in [0.15, 0.2) is 0 Å². The van der Waals surface area contributed by atoms with Crippen molar-refractivity contribution in [3.63, 3.8) is 0 Å². The summed E-state index contributed by atoms with van der Waals surface area (Å²) < 4.78 is 10.1. The number of aliphatic carboxylic acids is 1. The van der Waals surface area contributed by atoms with E-state index in [9.17, 15) is 24.6 Å². The molecule has 182 valence electrons. The number of ether oxygens (including phenoxy) is 2. The molecule has 0 aliphatic carbocycles. The second-order valence-corrected chi connectivity index (χ2v) is 8.37. The van der Waals surface area contributed by atoms with Gasteiger partial charge >= 0.3 is 17.9 Å². The largest absolute Gasteiger partial charge is 0.479 e. The number of carboxylic acids is 1. The molecular formula is C24H44O7. The van der Waals surface area contributed by atoms with Gasteiger partial charge in [-0.15, -0.1) is 0 Å². The molecule has 0 rings (SSSR count). The second kappa shape index (κ2) is 19.1. The van der Waals surface area contributed by atoms with Crippen LogP contribution in [0, 0.1) is 0 Å². The van der Waals surface area contributed by atoms with Crippen LogP contribution in [0.3, 0.4) is 0 Å². The van der Waals surface area contributed by atoms with Gasteiger partial charge in [0.15, 0.2) is 5.60 Å². The minimum absolute atomic E-state index is 0.184. The highest BCUT2D eigenvalue weighted by Crippen LogP contribution is 2.18. The van der Waals surface area contributed by atoms with Crippen LogP contribution in [0.5, 0.6) is 0 Å². The molecule has 0 amide bonds. The van der Waals surface area contributed by atoms with Crippen molar-refractivity contribution in [1.29, 1.82) is 0 Å². The fourth-order valence-electron chi connectivity index (χ4n) is 3.28. The first kappa shape index (κ1) is 29.4. The second-order valence-electron chi connectivity index (χ2n) is 8.37. The van der Waals surface area contributed by atoms with E-state index in [1.807, 2.05) is 0 Å². The smallest absolute Gasteiger partial charge is 0.336 e. The maximum Gasteiger partial charge on any atom is 0.336 e. The van der Waals surface area contributed by atoms with Gasteiger partial charge in [0.05, 0.1) is 26.1 Å². The number of hydrogen-bond donors (Lipinski definition) is 2. The molecule has 0 aromatic rings. The summed E-state index contributed by atoms with van der Waals surface area (Å²) in [5, 5.41) is 19.6. The SMILES string of the molecule is CCCCCCCCCCOC(=O)CC(O)(CC(=O)OCCCCCCCC)C(=O)O. The summed E-state index contributed by atoms with van der Waals surface area (Å²) in [6, 6.07) is 0. The van der Waals surface area contributed by atoms with E-state index in [0.717, 1.165) is 44.9 Å². The zero-order valence-electron chi connectivity index (χ0n) is 19.7. The first-order valence-corrected chi connectivity index (χ1v) is 12.1. The number of esters is 2. The standard InChI is InChI=1S/C24H44O7/c1-3-5-7-9-11-12-14-16-18-31-22(26)20-24(29,23(27)28)19-21(25)30-17-15-13-10-8-6-4-2/h29H,3-20H2,1-2H3,(H,27,28). The fraction of sp³-hybridized carbons (Fsp3) is 0.875. The number of unbranched alkanes of at least 4 members (excludes halogenated alkanes) is 12. The Labute approximate surface area is 187 Å². The Kier molecular flexibility index (Phi) is 18.1. The van der Waals surface area contributed by atoms with E-state index >= 15 is 0 Å². The van der Waals surface area contributed by atoms with Gasteiger partial charge in [-0.25, -0.2) is 4.79 Å². The van der Waals surface area contributed by atoms with Gasteiger partial charge in [0.2, 0.25) is 0 Å². The molecule has 2 N–H and O–H groups in total. The summed E-state index contributed by atoms with van der Waals surface area (Å²) in [6.07, 6.45) is 13.4. The molecule has 0 aliphatic heterocycles. The average Bonchev–Trinajstić information content (AvgIpc) is 2.71. The topological polar surface area (TPSA) is 110 Å². The van der Waals surface area contributed by atoms with Crippen molar-refractivity contribution in [2.75, 3.05) is 13.2 Å². The van der Waals surface area contributed by atoms with Gasteiger partial charge in [-0.05, 0) is 12.8 Å². The molecule has 7 heteroatoms. The van der Waals surface area contributed by atoms with Crippen LogP contribution in [0.2, 0.25) is 0 Å². The van der Waals surface area contributed by atoms with Crippen LogP contribution in [0.25, 0.3) is 0 Å². The normalized spacial score (nSPS) is 12.9. The molecule has 0 saturated heterocycles. The van der Waals surface area contributed by atoms with Crippen molar-refractivity contribution in [3.8, 4) is 0 Å². The Bertz CT molecular complexity index is 492. The van der Waals surface area contributed by atoms with Gasteiger partial charge in [-0.2, -0.15) is 0 Å². The summed E-state index contributed by atoms with van der Waals surface area (Å²) in [5.74, 6) is -3.28. The Morgan fingerprint density at radius 1 is 0.613 bits per heavy atom. The van der Waals surface area contributed by atoms with E-state index < -0.39 is 36.4 Å². The summed E-state index contributed by atoms with van der Waals surface area (Å²) in [7, 11) is 0. The lowest BCUT2D eigenvalue weighted by atomic mass is 9.96. The first-order valence-electron chi connectivity index (χ1n) is 12.1. The highest BCUT2D eigenvalue weighted by Gasteiger charge is 2.42. The lowest BCUT2D eigenvalue weighted by Gasteiger charge is -2.21. The van der Waals surface area contributed by atoms with Crippen LogP contribution in [0.4, 0.5) is 0 Å². The molecule has 0 aromatic carbocycles. The molecule has 0 fully saturated rings. The van der Waals surface area contributed by atoms with E-state index in [-0.39, 0.29) is 13.2 Å². The van der Waals surface area contributed by atoms with Crippen LogP contribution in [-0.4, -0.2) is 46.9 Å². The molecule has 0 bridgehead atoms. The lowest BCUT2D eigenvalue weighted by molar-refractivity contribution is -0.173. The van der Waals surface area contributed by atoms with Crippen LogP contribution in [0.1, 0.15) is 117 Å². The Balaban J connectivity index is 4.05. The van der Waals surface area contributed by atoms with Crippen molar-refractivity contribution in [2.24, 2.45) is 0 Å². The molecule has 1 atom stereocenters. The van der Waals surface area contributed by atoms with Crippen LogP contribution >= 0.6 is 0 Å². The molecular weight excluding hydrogens is 400 g/mol. The highest BCUT2D eigenvalue weighted by atomic mass is 16.5. The van der Waals surface area contributed by atoms with Crippen molar-refractivity contribution < 1.29 is 34.1 Å². The Hall–Kier alpha value is -1.63. The number of carboxylic acid groups (broad SMARTS) is 1. The molecule has 31 heavy (non-hydrogen) atoms. The summed E-state index contributed by atoms with van der Waals surface area (Å²) in [5.41, 5.74) is -2.51. The highest BCUT2D eigenvalue weighted by molar-refractivity contribution is 5.88. The fourth-order valence-corrected chi connectivity index (χ4v) is 3.28. The van der Waals surface area contributed by atoms with Crippen LogP contribution < -0.4 is 0 Å². The van der Waals surface area contributed by atoms with Gasteiger partial charge in [0.25, 0.3) is 0 Å². The van der Waals surface area contributed by atoms with Gasteiger partial charge in [-0.1, -0.05) is 90.9 Å². The third-order valence-electron chi connectivity index (χ3n) is 5.29. The predicted octanol–water partition coefficient (Wildman–Crippen LogP) is 5.17. The molecule has 0 radical (unpaired) electrons. The third-order valence-corrected chi connectivity index (χ3v) is 5.29. The monoisotopic (exact) mass is 444 g/mol. The van der Waals surface area contributed by atoms with E-state index in [1.54, 1.807) is 0 Å². The minimum Gasteiger partial charge on any atom is -0.479 e. The van der Waals surface area contributed by atoms with Crippen molar-refractivity contribution >= 4 is 17.9 Å². The number of rotatable bonds is 21. The summed E-state index contributed by atoms with van der Waals surface area (Å²) in [6.45, 7) is 4.69. The van der Waals surface area contributed by atoms with Crippen molar-refractivity contribution in [3.05, 3.63) is 0 Å². The van der Waals surface area contributed by atoms with Gasteiger partial charge < -0.3 is 19.7 Å². The maximum absolute atomic E-state index is 11.9. The average molecular weight is 445 g/mol. The van der Waals surface area contributed by atoms with E-state index in [1.165, 1.54) is 32.1 Å². The summed E-state index contributed by atoms with van der Waals surface area (Å²) >= 11 is 0. The summed E-state index contributed by atoms with van der Waals surface area (Å²) in [4.78, 5) is 35.3. The molecule has 0 spiro atoms. The quantitative estimate of drug-likeness (QED) is 0.186. The number of carbonyl (C=O) groups excluding carboxylic acids is 2. The number of aliphatic hydroxyl groups is 1. The molecule has 0 saturated carbocycles. The number of hydrogen-bond acceptors (Lipinski definition) is 6. The minimum atomic E-state index is -2.51. The molecule has 1 unspecified atom stereocenters. The lowest BCUT2D eigenvalue weighted by Crippen LogP contribution is -2.43. The maximum atomic E-state index is 11.9. The Morgan fingerprint density at radius 3 is 1.26 bits per heavy atom. The van der Waals surface area contributed by atoms with Crippen molar-refractivity contribution in [1.82, 2.24) is 0 Å². The van der Waals surface area contributed by atoms with E-state index in [2.05, 4.69) is 13.8 Å². The van der Waals surface area contributed by atoms with Crippen LogP contribution in [-0.2, 0) is 23.9 Å². The van der Waals surface area contributed by atoms with E-state index in [0.29, 0.717) is 12.8 Å². The molecule has 0 aromatic heterocycles. The molecule has 0 aliphatic rings. The van der Waals surface area contributed by atoms with Gasteiger partial charge in [0, 0.05) is 0 Å². The third kappa shape index (κ3) is 16.7. The van der Waals surface area contributed by atoms with Gasteiger partial charge in [0.1, 0.15) is 0 Å².